The van der Waals surface area contributed by atoms with E-state index in [9.17, 15) is 13.2 Å². The molecular weight excluding hydrogens is 392 g/mol. The van der Waals surface area contributed by atoms with Crippen molar-refractivity contribution < 1.29 is 22.7 Å². The lowest BCUT2D eigenvalue weighted by Gasteiger charge is -2.45. The molecule has 0 bridgehead atoms. The van der Waals surface area contributed by atoms with Gasteiger partial charge < -0.3 is 14.8 Å². The Hall–Kier alpha value is -1.64. The molecule has 8 heteroatoms. The third-order valence-corrected chi connectivity index (χ3v) is 7.76. The van der Waals surface area contributed by atoms with Crippen molar-refractivity contribution in [3.63, 3.8) is 0 Å². The van der Waals surface area contributed by atoms with Crippen molar-refractivity contribution >= 4 is 15.9 Å². The summed E-state index contributed by atoms with van der Waals surface area (Å²) in [6.45, 7) is 4.19. The maximum absolute atomic E-state index is 13.0. The van der Waals surface area contributed by atoms with Crippen LogP contribution in [0.4, 0.5) is 0 Å². The number of nitrogens with one attached hydrogen (secondary N) is 1. The van der Waals surface area contributed by atoms with Crippen LogP contribution in [0.15, 0.2) is 18.2 Å². The third-order valence-electron chi connectivity index (χ3n) is 6.46. The van der Waals surface area contributed by atoms with Gasteiger partial charge in [0.25, 0.3) is 0 Å². The molecule has 2 fully saturated rings. The summed E-state index contributed by atoms with van der Waals surface area (Å²) in [4.78, 5) is 13.0. The first kappa shape index (κ1) is 20.6. The number of carbonyl (C=O) groups is 1. The van der Waals surface area contributed by atoms with Gasteiger partial charge in [-0.05, 0) is 25.8 Å². The smallest absolute Gasteiger partial charge is 0.223 e. The molecule has 0 aliphatic carbocycles. The zero-order valence-electron chi connectivity index (χ0n) is 17.1. The summed E-state index contributed by atoms with van der Waals surface area (Å²) in [6.07, 6.45) is 4.71. The van der Waals surface area contributed by atoms with Crippen molar-refractivity contribution in [3.05, 3.63) is 29.3 Å². The normalized spacial score (nSPS) is 25.2. The fraction of sp³-hybridized carbons (Fsp3) is 0.667. The van der Waals surface area contributed by atoms with E-state index in [0.717, 1.165) is 36.1 Å². The highest BCUT2D eigenvalue weighted by Crippen LogP contribution is 2.44. The molecule has 1 spiro atoms. The minimum absolute atomic E-state index is 0.0136. The Balaban J connectivity index is 1.49. The molecular formula is C21H30N2O5S. The first-order chi connectivity index (χ1) is 13.8. The van der Waals surface area contributed by atoms with Crippen LogP contribution >= 0.6 is 0 Å². The Morgan fingerprint density at radius 3 is 2.55 bits per heavy atom. The molecule has 1 aromatic rings. The van der Waals surface area contributed by atoms with Crippen molar-refractivity contribution in [1.82, 2.24) is 9.62 Å². The van der Waals surface area contributed by atoms with E-state index in [4.69, 9.17) is 9.47 Å². The Morgan fingerprint density at radius 2 is 1.90 bits per heavy atom. The predicted octanol–water partition coefficient (Wildman–Crippen LogP) is 2.16. The summed E-state index contributed by atoms with van der Waals surface area (Å²) in [5, 5.41) is 3.27. The van der Waals surface area contributed by atoms with Gasteiger partial charge >= 0.3 is 0 Å². The van der Waals surface area contributed by atoms with Gasteiger partial charge in [-0.3, -0.25) is 4.79 Å². The van der Waals surface area contributed by atoms with Crippen LogP contribution in [0.25, 0.3) is 0 Å². The molecule has 3 heterocycles. The van der Waals surface area contributed by atoms with Crippen LogP contribution in [0.1, 0.15) is 49.3 Å². The number of rotatable bonds is 3. The average molecular weight is 423 g/mol. The topological polar surface area (TPSA) is 84.9 Å². The van der Waals surface area contributed by atoms with Gasteiger partial charge in [0.1, 0.15) is 11.4 Å². The summed E-state index contributed by atoms with van der Waals surface area (Å²) in [7, 11) is -3.19. The van der Waals surface area contributed by atoms with Gasteiger partial charge in [0.15, 0.2) is 0 Å². The van der Waals surface area contributed by atoms with Crippen LogP contribution in [0.5, 0.6) is 5.75 Å². The lowest BCUT2D eigenvalue weighted by atomic mass is 9.81. The standard InChI is InChI=1S/C21H30N2O5S/c1-15-3-4-19-17(13-15)18(14-21(28-19)7-11-27-12-8-21)22-20(24)16-5-9-23(10-6-16)29(2,25)26/h3-4,13,16,18H,5-12,14H2,1-2H3,(H,22,24). The Bertz CT molecular complexity index is 871. The Kier molecular flexibility index (Phi) is 5.61. The molecule has 1 aromatic carbocycles. The van der Waals surface area contributed by atoms with Crippen molar-refractivity contribution in [2.24, 2.45) is 5.92 Å². The van der Waals surface area contributed by atoms with Crippen LogP contribution in [-0.2, 0) is 19.6 Å². The maximum atomic E-state index is 13.0. The molecule has 1 unspecified atom stereocenters. The first-order valence-corrected chi connectivity index (χ1v) is 12.2. The lowest BCUT2D eigenvalue weighted by molar-refractivity contribution is -0.128. The van der Waals surface area contributed by atoms with E-state index in [1.165, 1.54) is 10.6 Å². The van der Waals surface area contributed by atoms with E-state index in [0.29, 0.717) is 39.1 Å². The second kappa shape index (κ2) is 7.89. The molecule has 0 aromatic heterocycles. The molecule has 1 atom stereocenters. The van der Waals surface area contributed by atoms with Gasteiger partial charge in [0.2, 0.25) is 15.9 Å². The number of sulfonamides is 1. The van der Waals surface area contributed by atoms with E-state index < -0.39 is 10.0 Å². The van der Waals surface area contributed by atoms with Crippen LogP contribution in [0.3, 0.4) is 0 Å². The monoisotopic (exact) mass is 422 g/mol. The number of hydrogen-bond acceptors (Lipinski definition) is 5. The molecule has 2 saturated heterocycles. The molecule has 3 aliphatic rings. The van der Waals surface area contributed by atoms with Gasteiger partial charge in [-0.15, -0.1) is 0 Å². The summed E-state index contributed by atoms with van der Waals surface area (Å²) < 4.78 is 36.9. The van der Waals surface area contributed by atoms with Gasteiger partial charge in [0, 0.05) is 43.8 Å². The highest BCUT2D eigenvalue weighted by atomic mass is 32.2. The van der Waals surface area contributed by atoms with Gasteiger partial charge in [-0.1, -0.05) is 17.7 Å². The SMILES string of the molecule is Cc1ccc2c(c1)C(NC(=O)C1CCN(S(C)(=O)=O)CC1)CC1(CCOCC1)O2. The molecule has 7 nitrogen and oxygen atoms in total. The molecule has 1 N–H and O–H groups in total. The molecule has 4 rings (SSSR count). The van der Waals surface area contributed by atoms with E-state index in [-0.39, 0.29) is 23.5 Å². The number of benzene rings is 1. The minimum Gasteiger partial charge on any atom is -0.487 e. The number of nitrogens with zero attached hydrogens (tertiary/aromatic N) is 1. The number of hydrogen-bond donors (Lipinski definition) is 1. The van der Waals surface area contributed by atoms with Crippen molar-refractivity contribution in [3.8, 4) is 5.75 Å². The highest BCUT2D eigenvalue weighted by molar-refractivity contribution is 7.88. The van der Waals surface area contributed by atoms with Crippen molar-refractivity contribution in [1.29, 1.82) is 0 Å². The average Bonchev–Trinajstić information content (AvgIpc) is 2.68. The largest absolute Gasteiger partial charge is 0.487 e. The van der Waals surface area contributed by atoms with Crippen molar-refractivity contribution in [2.45, 2.75) is 50.7 Å². The van der Waals surface area contributed by atoms with Crippen LogP contribution in [-0.4, -0.2) is 56.8 Å². The molecule has 3 aliphatic heterocycles. The second-order valence-electron chi connectivity index (χ2n) is 8.64. The number of aryl methyl sites for hydroxylation is 1. The van der Waals surface area contributed by atoms with E-state index in [1.54, 1.807) is 0 Å². The molecule has 1 amide bonds. The molecule has 0 saturated carbocycles. The third kappa shape index (κ3) is 4.44. The number of piperidine rings is 1. The number of ether oxygens (including phenoxy) is 2. The number of carbonyl (C=O) groups excluding carboxylic acids is 1. The van der Waals surface area contributed by atoms with E-state index in [1.807, 2.05) is 19.1 Å². The Labute approximate surface area is 172 Å². The van der Waals surface area contributed by atoms with Crippen LogP contribution in [0.2, 0.25) is 0 Å². The highest BCUT2D eigenvalue weighted by Gasteiger charge is 2.43. The predicted molar refractivity (Wildman–Crippen MR) is 109 cm³/mol. The van der Waals surface area contributed by atoms with Crippen LogP contribution < -0.4 is 10.1 Å². The van der Waals surface area contributed by atoms with Crippen molar-refractivity contribution in [2.75, 3.05) is 32.6 Å². The van der Waals surface area contributed by atoms with Gasteiger partial charge in [-0.2, -0.15) is 0 Å². The fourth-order valence-electron chi connectivity index (χ4n) is 4.71. The van der Waals surface area contributed by atoms with Crippen LogP contribution in [0, 0.1) is 12.8 Å². The Morgan fingerprint density at radius 1 is 1.21 bits per heavy atom. The summed E-state index contributed by atoms with van der Waals surface area (Å²) in [5.74, 6) is 0.704. The quantitative estimate of drug-likeness (QED) is 0.807. The zero-order chi connectivity index (χ0) is 20.6. The number of amides is 1. The maximum Gasteiger partial charge on any atom is 0.223 e. The first-order valence-electron chi connectivity index (χ1n) is 10.4. The van der Waals surface area contributed by atoms with Gasteiger partial charge in [0.05, 0.1) is 25.5 Å². The molecule has 0 radical (unpaired) electrons. The fourth-order valence-corrected chi connectivity index (χ4v) is 5.58. The van der Waals surface area contributed by atoms with E-state index >= 15 is 0 Å². The summed E-state index contributed by atoms with van der Waals surface area (Å²) >= 11 is 0. The molecule has 29 heavy (non-hydrogen) atoms. The molecule has 160 valence electrons. The zero-order valence-corrected chi connectivity index (χ0v) is 18.0. The lowest BCUT2D eigenvalue weighted by Crippen LogP contribution is -2.50. The summed E-state index contributed by atoms with van der Waals surface area (Å²) in [6, 6.07) is 6.04. The minimum atomic E-state index is -3.19. The second-order valence-corrected chi connectivity index (χ2v) is 10.6. The van der Waals surface area contributed by atoms with Gasteiger partial charge in [-0.25, -0.2) is 12.7 Å². The summed E-state index contributed by atoms with van der Waals surface area (Å²) in [5.41, 5.74) is 1.87. The number of fused-ring (bicyclic) bond motifs is 1. The van der Waals surface area contributed by atoms with E-state index in [2.05, 4.69) is 11.4 Å².